The summed E-state index contributed by atoms with van der Waals surface area (Å²) in [7, 11) is 0. The Kier molecular flexibility index (Phi) is 7.44. The van der Waals surface area contributed by atoms with E-state index in [-0.39, 0.29) is 6.03 Å². The van der Waals surface area contributed by atoms with E-state index in [9.17, 15) is 4.79 Å². The summed E-state index contributed by atoms with van der Waals surface area (Å²) in [6.07, 6.45) is 4.62. The van der Waals surface area contributed by atoms with Gasteiger partial charge >= 0.3 is 6.03 Å². The summed E-state index contributed by atoms with van der Waals surface area (Å²) < 4.78 is 5.28. The van der Waals surface area contributed by atoms with E-state index in [4.69, 9.17) is 4.74 Å². The number of carbonyl (C=O) groups is 1. The number of hydrogen-bond donors (Lipinski definition) is 2. The molecule has 0 radical (unpaired) electrons. The lowest BCUT2D eigenvalue weighted by Gasteiger charge is -2.26. The van der Waals surface area contributed by atoms with Gasteiger partial charge in [-0.2, -0.15) is 0 Å². The molecule has 0 aromatic heterocycles. The molecule has 0 aromatic rings. The molecule has 1 saturated heterocycles. The number of urea groups is 1. The van der Waals surface area contributed by atoms with Crippen LogP contribution in [0.5, 0.6) is 0 Å². The van der Waals surface area contributed by atoms with Gasteiger partial charge in [-0.3, -0.25) is 4.90 Å². The third-order valence-electron chi connectivity index (χ3n) is 2.74. The lowest BCUT2D eigenvalue weighted by atomic mass is 10.2. The van der Waals surface area contributed by atoms with Crippen molar-refractivity contribution in [2.24, 2.45) is 5.92 Å². The summed E-state index contributed by atoms with van der Waals surface area (Å²) in [5.74, 6) is 0.451. The van der Waals surface area contributed by atoms with Gasteiger partial charge in [-0.25, -0.2) is 4.79 Å². The monoisotopic (exact) mass is 255 g/mol. The zero-order valence-corrected chi connectivity index (χ0v) is 11.4. The maximum Gasteiger partial charge on any atom is 0.318 e. The number of amides is 2. The van der Waals surface area contributed by atoms with Gasteiger partial charge in [-0.1, -0.05) is 19.9 Å². The van der Waals surface area contributed by atoms with Gasteiger partial charge < -0.3 is 15.4 Å². The molecule has 2 N–H and O–H groups in total. The highest BCUT2D eigenvalue weighted by Gasteiger charge is 2.09. The highest BCUT2D eigenvalue weighted by Crippen LogP contribution is 1.97. The van der Waals surface area contributed by atoms with E-state index in [1.54, 1.807) is 6.20 Å². The van der Waals surface area contributed by atoms with Crippen LogP contribution < -0.4 is 10.6 Å². The standard InChI is InChI=1S/C13H25N3O2/c1-12(2)4-6-15-13(17)14-5-3-7-16-8-10-18-11-9-16/h4,6,12H,3,5,7-11H2,1-2H3,(H2,14,15,17)/b6-4+. The molecule has 0 aromatic carbocycles. The number of nitrogens with zero attached hydrogens (tertiary/aromatic N) is 1. The highest BCUT2D eigenvalue weighted by molar-refractivity contribution is 5.74. The second-order valence-electron chi connectivity index (χ2n) is 4.81. The van der Waals surface area contributed by atoms with Crippen LogP contribution in [0.2, 0.25) is 0 Å². The number of allylic oxidation sites excluding steroid dienone is 1. The van der Waals surface area contributed by atoms with Crippen molar-refractivity contribution in [3.8, 4) is 0 Å². The average molecular weight is 255 g/mol. The number of morpholine rings is 1. The minimum atomic E-state index is -0.131. The van der Waals surface area contributed by atoms with E-state index in [0.29, 0.717) is 12.5 Å². The van der Waals surface area contributed by atoms with Crippen molar-refractivity contribution in [3.63, 3.8) is 0 Å². The number of carbonyl (C=O) groups excluding carboxylic acids is 1. The van der Waals surface area contributed by atoms with Gasteiger partial charge in [-0.05, 0) is 18.9 Å². The quantitative estimate of drug-likeness (QED) is 0.701. The molecule has 0 bridgehead atoms. The molecule has 1 aliphatic heterocycles. The van der Waals surface area contributed by atoms with Crippen LogP contribution >= 0.6 is 0 Å². The molecule has 1 heterocycles. The molecule has 1 fully saturated rings. The van der Waals surface area contributed by atoms with Crippen LogP contribution in [0.4, 0.5) is 4.79 Å². The van der Waals surface area contributed by atoms with Crippen LogP contribution in [0.3, 0.4) is 0 Å². The summed E-state index contributed by atoms with van der Waals surface area (Å²) in [4.78, 5) is 13.7. The highest BCUT2D eigenvalue weighted by atomic mass is 16.5. The molecule has 104 valence electrons. The number of nitrogens with one attached hydrogen (secondary N) is 2. The minimum Gasteiger partial charge on any atom is -0.379 e. The van der Waals surface area contributed by atoms with Crippen molar-refractivity contribution in [2.45, 2.75) is 20.3 Å². The molecule has 2 amide bonds. The van der Waals surface area contributed by atoms with E-state index < -0.39 is 0 Å². The number of ether oxygens (including phenoxy) is 1. The molecule has 5 heteroatoms. The Morgan fingerprint density at radius 2 is 2.11 bits per heavy atom. The van der Waals surface area contributed by atoms with Crippen molar-refractivity contribution >= 4 is 6.03 Å². The molecular formula is C13H25N3O2. The Morgan fingerprint density at radius 3 is 2.78 bits per heavy atom. The number of rotatable bonds is 6. The lowest BCUT2D eigenvalue weighted by molar-refractivity contribution is 0.0375. The first-order chi connectivity index (χ1) is 8.68. The van der Waals surface area contributed by atoms with Gasteiger partial charge in [0.1, 0.15) is 0 Å². The third-order valence-corrected chi connectivity index (χ3v) is 2.74. The van der Waals surface area contributed by atoms with Gasteiger partial charge in [0, 0.05) is 25.8 Å². The SMILES string of the molecule is CC(C)/C=C/NC(=O)NCCCN1CCOCC1. The molecule has 5 nitrogen and oxygen atoms in total. The molecule has 0 saturated carbocycles. The lowest BCUT2D eigenvalue weighted by Crippen LogP contribution is -2.39. The van der Waals surface area contributed by atoms with Crippen molar-refractivity contribution < 1.29 is 9.53 Å². The van der Waals surface area contributed by atoms with Crippen LogP contribution in [-0.2, 0) is 4.74 Å². The van der Waals surface area contributed by atoms with E-state index in [2.05, 4.69) is 29.4 Å². The fourth-order valence-corrected chi connectivity index (χ4v) is 1.70. The van der Waals surface area contributed by atoms with E-state index in [0.717, 1.165) is 39.3 Å². The van der Waals surface area contributed by atoms with Gasteiger partial charge in [0.15, 0.2) is 0 Å². The predicted molar refractivity (Wildman–Crippen MR) is 72.4 cm³/mol. The molecule has 0 aliphatic carbocycles. The van der Waals surface area contributed by atoms with Crippen LogP contribution in [0.15, 0.2) is 12.3 Å². The molecule has 0 atom stereocenters. The van der Waals surface area contributed by atoms with E-state index in [1.165, 1.54) is 0 Å². The van der Waals surface area contributed by atoms with E-state index in [1.807, 2.05) is 6.08 Å². The largest absolute Gasteiger partial charge is 0.379 e. The smallest absolute Gasteiger partial charge is 0.318 e. The minimum absolute atomic E-state index is 0.131. The first kappa shape index (κ1) is 15.0. The predicted octanol–water partition coefficient (Wildman–Crippen LogP) is 1.18. The molecule has 0 unspecified atom stereocenters. The van der Waals surface area contributed by atoms with E-state index >= 15 is 0 Å². The topological polar surface area (TPSA) is 53.6 Å². The Labute approximate surface area is 110 Å². The fraction of sp³-hybridized carbons (Fsp3) is 0.769. The summed E-state index contributed by atoms with van der Waals surface area (Å²) in [6, 6.07) is -0.131. The molecule has 1 rings (SSSR count). The third kappa shape index (κ3) is 7.29. The Bertz CT molecular complexity index is 261. The molecule has 1 aliphatic rings. The average Bonchev–Trinajstić information content (AvgIpc) is 2.35. The zero-order chi connectivity index (χ0) is 13.2. The Balaban J connectivity index is 1.98. The summed E-state index contributed by atoms with van der Waals surface area (Å²) >= 11 is 0. The molecule has 0 spiro atoms. The number of hydrogen-bond acceptors (Lipinski definition) is 3. The Hall–Kier alpha value is -1.07. The van der Waals surface area contributed by atoms with Crippen LogP contribution in [0, 0.1) is 5.92 Å². The summed E-state index contributed by atoms with van der Waals surface area (Å²) in [5.41, 5.74) is 0. The van der Waals surface area contributed by atoms with Crippen molar-refractivity contribution in [1.82, 2.24) is 15.5 Å². The fourth-order valence-electron chi connectivity index (χ4n) is 1.70. The normalized spacial score (nSPS) is 17.3. The van der Waals surface area contributed by atoms with Crippen LogP contribution in [0.1, 0.15) is 20.3 Å². The van der Waals surface area contributed by atoms with Crippen molar-refractivity contribution in [2.75, 3.05) is 39.4 Å². The molecular weight excluding hydrogens is 230 g/mol. The summed E-state index contributed by atoms with van der Waals surface area (Å²) in [5, 5.41) is 5.52. The Morgan fingerprint density at radius 1 is 1.39 bits per heavy atom. The first-order valence-electron chi connectivity index (χ1n) is 6.69. The maximum atomic E-state index is 11.4. The summed E-state index contributed by atoms with van der Waals surface area (Å²) in [6.45, 7) is 9.52. The van der Waals surface area contributed by atoms with Gasteiger partial charge in [-0.15, -0.1) is 0 Å². The zero-order valence-electron chi connectivity index (χ0n) is 11.4. The molecule has 18 heavy (non-hydrogen) atoms. The maximum absolute atomic E-state index is 11.4. The van der Waals surface area contributed by atoms with Crippen molar-refractivity contribution in [3.05, 3.63) is 12.3 Å². The van der Waals surface area contributed by atoms with Gasteiger partial charge in [0.2, 0.25) is 0 Å². The first-order valence-corrected chi connectivity index (χ1v) is 6.69. The van der Waals surface area contributed by atoms with Crippen LogP contribution in [0.25, 0.3) is 0 Å². The van der Waals surface area contributed by atoms with Crippen molar-refractivity contribution in [1.29, 1.82) is 0 Å². The second kappa shape index (κ2) is 8.94. The van der Waals surface area contributed by atoms with Gasteiger partial charge in [0.05, 0.1) is 13.2 Å². The second-order valence-corrected chi connectivity index (χ2v) is 4.81. The van der Waals surface area contributed by atoms with Crippen LogP contribution in [-0.4, -0.2) is 50.3 Å². The van der Waals surface area contributed by atoms with Gasteiger partial charge in [0.25, 0.3) is 0 Å².